The highest BCUT2D eigenvalue weighted by Crippen LogP contribution is 2.24. The van der Waals surface area contributed by atoms with Crippen LogP contribution >= 0.6 is 11.3 Å². The third-order valence-corrected chi connectivity index (χ3v) is 2.61. The van der Waals surface area contributed by atoms with Gasteiger partial charge < -0.3 is 5.21 Å². The lowest BCUT2D eigenvalue weighted by Gasteiger charge is -2.16. The highest BCUT2D eigenvalue weighted by atomic mass is 32.1. The Morgan fingerprint density at radius 3 is 2.64 bits per heavy atom. The first-order chi connectivity index (χ1) is 5.25. The Hall–Kier alpha value is -0.380. The van der Waals surface area contributed by atoms with Gasteiger partial charge in [0.15, 0.2) is 0 Å². The van der Waals surface area contributed by atoms with Crippen LogP contribution in [0.1, 0.15) is 24.8 Å². The van der Waals surface area contributed by atoms with Crippen LogP contribution < -0.4 is 5.48 Å². The summed E-state index contributed by atoms with van der Waals surface area (Å²) in [5.41, 5.74) is 2.31. The summed E-state index contributed by atoms with van der Waals surface area (Å²) in [5, 5.41) is 10.8. The topological polar surface area (TPSA) is 32.3 Å². The normalized spacial score (nSPS) is 13.8. The Morgan fingerprint density at radius 1 is 1.55 bits per heavy atom. The summed E-state index contributed by atoms with van der Waals surface area (Å²) in [6.45, 7) is 4.15. The number of thiophene rings is 1. The molecule has 1 heterocycles. The molecule has 0 radical (unpaired) electrons. The van der Waals surface area contributed by atoms with Crippen molar-refractivity contribution in [2.45, 2.75) is 19.9 Å². The van der Waals surface area contributed by atoms with Gasteiger partial charge in [-0.1, -0.05) is 19.9 Å². The summed E-state index contributed by atoms with van der Waals surface area (Å²) in [7, 11) is 0. The van der Waals surface area contributed by atoms with E-state index in [1.807, 2.05) is 17.5 Å². The third kappa shape index (κ3) is 2.02. The molecule has 0 amide bonds. The quantitative estimate of drug-likeness (QED) is 0.684. The van der Waals surface area contributed by atoms with Crippen molar-refractivity contribution in [1.82, 2.24) is 5.48 Å². The van der Waals surface area contributed by atoms with E-state index in [9.17, 15) is 0 Å². The molecular formula is C8H13NOS. The van der Waals surface area contributed by atoms with Crippen LogP contribution in [0.5, 0.6) is 0 Å². The molecular weight excluding hydrogens is 158 g/mol. The van der Waals surface area contributed by atoms with Gasteiger partial charge in [0, 0.05) is 4.88 Å². The molecule has 0 aliphatic rings. The van der Waals surface area contributed by atoms with Gasteiger partial charge in [0.05, 0.1) is 6.04 Å². The van der Waals surface area contributed by atoms with Crippen molar-refractivity contribution in [2.75, 3.05) is 0 Å². The van der Waals surface area contributed by atoms with Gasteiger partial charge in [-0.25, -0.2) is 0 Å². The maximum Gasteiger partial charge on any atom is 0.0684 e. The van der Waals surface area contributed by atoms with Crippen LogP contribution in [0.15, 0.2) is 17.5 Å². The molecule has 0 bridgehead atoms. The van der Waals surface area contributed by atoms with Gasteiger partial charge in [-0.05, 0) is 17.4 Å². The molecule has 11 heavy (non-hydrogen) atoms. The van der Waals surface area contributed by atoms with E-state index < -0.39 is 0 Å². The van der Waals surface area contributed by atoms with E-state index >= 15 is 0 Å². The second-order valence-corrected chi connectivity index (χ2v) is 3.85. The fourth-order valence-electron chi connectivity index (χ4n) is 1.01. The zero-order valence-corrected chi connectivity index (χ0v) is 7.56. The van der Waals surface area contributed by atoms with E-state index in [4.69, 9.17) is 5.21 Å². The van der Waals surface area contributed by atoms with Crippen LogP contribution in [-0.4, -0.2) is 5.21 Å². The first-order valence-corrected chi connectivity index (χ1v) is 4.56. The van der Waals surface area contributed by atoms with Crippen LogP contribution in [0, 0.1) is 5.92 Å². The molecule has 0 spiro atoms. The molecule has 1 unspecified atom stereocenters. The number of hydroxylamine groups is 1. The van der Waals surface area contributed by atoms with Gasteiger partial charge in [0.2, 0.25) is 0 Å². The summed E-state index contributed by atoms with van der Waals surface area (Å²) < 4.78 is 0. The minimum atomic E-state index is 0.0787. The lowest BCUT2D eigenvalue weighted by atomic mass is 10.0. The van der Waals surface area contributed by atoms with E-state index in [1.165, 1.54) is 4.88 Å². The maximum absolute atomic E-state index is 8.82. The summed E-state index contributed by atoms with van der Waals surface area (Å²) in [6.07, 6.45) is 0. The Balaban J connectivity index is 2.71. The van der Waals surface area contributed by atoms with Gasteiger partial charge in [0.25, 0.3) is 0 Å². The van der Waals surface area contributed by atoms with Crippen LogP contribution in [-0.2, 0) is 0 Å². The molecule has 1 aromatic rings. The van der Waals surface area contributed by atoms with Crippen molar-refractivity contribution in [1.29, 1.82) is 0 Å². The van der Waals surface area contributed by atoms with Gasteiger partial charge in [-0.2, -0.15) is 5.48 Å². The summed E-state index contributed by atoms with van der Waals surface area (Å²) in [5.74, 6) is 0.415. The molecule has 2 nitrogen and oxygen atoms in total. The number of nitrogens with one attached hydrogen (secondary N) is 1. The molecule has 0 fully saturated rings. The average molecular weight is 171 g/mol. The van der Waals surface area contributed by atoms with Crippen molar-refractivity contribution < 1.29 is 5.21 Å². The molecule has 0 aliphatic carbocycles. The molecule has 0 saturated carbocycles. The number of rotatable bonds is 3. The van der Waals surface area contributed by atoms with Crippen LogP contribution in [0.2, 0.25) is 0 Å². The third-order valence-electron chi connectivity index (χ3n) is 1.66. The molecule has 0 aliphatic heterocycles. The minimum Gasteiger partial charge on any atom is -0.316 e. The monoisotopic (exact) mass is 171 g/mol. The lowest BCUT2D eigenvalue weighted by molar-refractivity contribution is 0.106. The lowest BCUT2D eigenvalue weighted by Crippen LogP contribution is -2.21. The number of hydrogen-bond donors (Lipinski definition) is 2. The standard InChI is InChI=1S/C8H13NOS/c1-6(2)8(9-10)7-4-3-5-11-7/h3-6,8-10H,1-2H3. The molecule has 0 aromatic carbocycles. The fraction of sp³-hybridized carbons (Fsp3) is 0.500. The molecule has 1 atom stereocenters. The largest absolute Gasteiger partial charge is 0.316 e. The maximum atomic E-state index is 8.82. The van der Waals surface area contributed by atoms with E-state index in [1.54, 1.807) is 11.3 Å². The Kier molecular flexibility index (Phi) is 3.05. The predicted molar refractivity (Wildman–Crippen MR) is 46.8 cm³/mol. The van der Waals surface area contributed by atoms with Crippen LogP contribution in [0.4, 0.5) is 0 Å². The highest BCUT2D eigenvalue weighted by molar-refractivity contribution is 7.10. The Morgan fingerprint density at radius 2 is 2.27 bits per heavy atom. The molecule has 2 N–H and O–H groups in total. The van der Waals surface area contributed by atoms with Crippen molar-refractivity contribution in [2.24, 2.45) is 5.92 Å². The second-order valence-electron chi connectivity index (χ2n) is 2.87. The van der Waals surface area contributed by atoms with Gasteiger partial charge >= 0.3 is 0 Å². The molecule has 1 aromatic heterocycles. The average Bonchev–Trinajstić information content (AvgIpc) is 2.40. The van der Waals surface area contributed by atoms with E-state index in [0.717, 1.165) is 0 Å². The number of hydrogen-bond acceptors (Lipinski definition) is 3. The predicted octanol–water partition coefficient (Wildman–Crippen LogP) is 2.42. The summed E-state index contributed by atoms with van der Waals surface area (Å²) in [4.78, 5) is 1.18. The summed E-state index contributed by atoms with van der Waals surface area (Å²) in [6, 6.07) is 4.10. The van der Waals surface area contributed by atoms with Crippen molar-refractivity contribution >= 4 is 11.3 Å². The molecule has 0 saturated heterocycles. The Labute approximate surface area is 70.8 Å². The minimum absolute atomic E-state index is 0.0787. The van der Waals surface area contributed by atoms with Crippen molar-refractivity contribution in [3.8, 4) is 0 Å². The van der Waals surface area contributed by atoms with Crippen molar-refractivity contribution in [3.63, 3.8) is 0 Å². The molecule has 62 valence electrons. The smallest absolute Gasteiger partial charge is 0.0684 e. The zero-order chi connectivity index (χ0) is 8.27. The van der Waals surface area contributed by atoms with Crippen LogP contribution in [0.3, 0.4) is 0 Å². The second kappa shape index (κ2) is 3.85. The first-order valence-electron chi connectivity index (χ1n) is 3.68. The first kappa shape index (κ1) is 8.71. The SMILES string of the molecule is CC(C)C(NO)c1cccs1. The highest BCUT2D eigenvalue weighted by Gasteiger charge is 2.14. The van der Waals surface area contributed by atoms with Crippen LogP contribution in [0.25, 0.3) is 0 Å². The zero-order valence-electron chi connectivity index (χ0n) is 6.74. The van der Waals surface area contributed by atoms with Gasteiger partial charge in [-0.3, -0.25) is 0 Å². The van der Waals surface area contributed by atoms with E-state index in [2.05, 4.69) is 19.3 Å². The van der Waals surface area contributed by atoms with E-state index in [0.29, 0.717) is 5.92 Å². The fourth-order valence-corrected chi connectivity index (χ4v) is 1.95. The Bertz CT molecular complexity index is 196. The van der Waals surface area contributed by atoms with Gasteiger partial charge in [0.1, 0.15) is 0 Å². The van der Waals surface area contributed by atoms with Gasteiger partial charge in [-0.15, -0.1) is 11.3 Å². The van der Waals surface area contributed by atoms with Crippen molar-refractivity contribution in [3.05, 3.63) is 22.4 Å². The van der Waals surface area contributed by atoms with E-state index in [-0.39, 0.29) is 6.04 Å². The summed E-state index contributed by atoms with van der Waals surface area (Å²) >= 11 is 1.66. The molecule has 1 rings (SSSR count). The molecule has 3 heteroatoms.